The number of aliphatic carboxylic acids is 1. The molecule has 24 heavy (non-hydrogen) atoms. The molecule has 0 saturated carbocycles. The minimum Gasteiger partial charge on any atom is -0.480 e. The Morgan fingerprint density at radius 1 is 1.29 bits per heavy atom. The van der Waals surface area contributed by atoms with Crippen molar-refractivity contribution in [2.75, 3.05) is 19.8 Å². The van der Waals surface area contributed by atoms with Gasteiger partial charge in [-0.3, -0.25) is 9.59 Å². The number of ether oxygens (including phenoxy) is 1. The minimum atomic E-state index is -1.02. The van der Waals surface area contributed by atoms with E-state index in [1.807, 2.05) is 24.3 Å². The first-order chi connectivity index (χ1) is 11.1. The number of benzene rings is 1. The van der Waals surface area contributed by atoms with E-state index in [1.165, 1.54) is 9.58 Å². The van der Waals surface area contributed by atoms with Crippen LogP contribution in [0.4, 0.5) is 0 Å². The average Bonchev–Trinajstić information content (AvgIpc) is 2.96. The summed E-state index contributed by atoms with van der Waals surface area (Å²) < 4.78 is 6.79. The molecule has 2 heterocycles. The Kier molecular flexibility index (Phi) is 6.10. The summed E-state index contributed by atoms with van der Waals surface area (Å²) in [5.74, 6) is -1.29. The summed E-state index contributed by atoms with van der Waals surface area (Å²) >= 11 is 0. The van der Waals surface area contributed by atoms with Crippen molar-refractivity contribution in [2.24, 2.45) is 0 Å². The van der Waals surface area contributed by atoms with Crippen LogP contribution >= 0.6 is 12.4 Å². The molecule has 1 aliphatic rings. The molecule has 1 aromatic carbocycles. The average molecular weight is 355 g/mol. The first-order valence-corrected chi connectivity index (χ1v) is 7.52. The molecule has 1 N–H and O–H groups in total. The zero-order valence-electron chi connectivity index (χ0n) is 13.0. The molecule has 1 fully saturated rings. The van der Waals surface area contributed by atoms with Gasteiger partial charge >= 0.3 is 5.97 Å². The van der Waals surface area contributed by atoms with Gasteiger partial charge in [0.1, 0.15) is 18.6 Å². The zero-order chi connectivity index (χ0) is 16.2. The van der Waals surface area contributed by atoms with Gasteiger partial charge in [-0.05, 0) is 25.0 Å². The van der Waals surface area contributed by atoms with E-state index in [-0.39, 0.29) is 37.4 Å². The summed E-state index contributed by atoms with van der Waals surface area (Å²) in [5, 5.41) is 17.1. The van der Waals surface area contributed by atoms with Gasteiger partial charge in [-0.25, -0.2) is 4.68 Å². The van der Waals surface area contributed by atoms with Crippen LogP contribution in [0.15, 0.2) is 24.3 Å². The number of rotatable bonds is 5. The zero-order valence-corrected chi connectivity index (χ0v) is 13.8. The Morgan fingerprint density at radius 3 is 2.71 bits per heavy atom. The normalized spacial score (nSPS) is 15.0. The lowest BCUT2D eigenvalue weighted by molar-refractivity contribution is -0.148. The van der Waals surface area contributed by atoms with E-state index in [0.717, 1.165) is 5.52 Å². The second kappa shape index (κ2) is 8.07. The molecular formula is C15H19ClN4O4. The van der Waals surface area contributed by atoms with E-state index in [2.05, 4.69) is 10.3 Å². The van der Waals surface area contributed by atoms with Crippen molar-refractivity contribution in [3.8, 4) is 0 Å². The van der Waals surface area contributed by atoms with Crippen LogP contribution in [0.1, 0.15) is 12.8 Å². The van der Waals surface area contributed by atoms with Crippen LogP contribution < -0.4 is 0 Å². The van der Waals surface area contributed by atoms with E-state index < -0.39 is 5.97 Å². The van der Waals surface area contributed by atoms with Gasteiger partial charge in [0.15, 0.2) is 0 Å². The number of carbonyl (C=O) groups is 2. The fourth-order valence-corrected chi connectivity index (χ4v) is 2.82. The topological polar surface area (TPSA) is 97.6 Å². The predicted octanol–water partition coefficient (Wildman–Crippen LogP) is 0.945. The fourth-order valence-electron chi connectivity index (χ4n) is 2.82. The van der Waals surface area contributed by atoms with Gasteiger partial charge in [0.05, 0.1) is 5.52 Å². The maximum atomic E-state index is 12.6. The van der Waals surface area contributed by atoms with Gasteiger partial charge in [0.2, 0.25) is 5.91 Å². The van der Waals surface area contributed by atoms with Crippen LogP contribution in [0.5, 0.6) is 0 Å². The maximum Gasteiger partial charge on any atom is 0.323 e. The largest absolute Gasteiger partial charge is 0.480 e. The van der Waals surface area contributed by atoms with E-state index >= 15 is 0 Å². The summed E-state index contributed by atoms with van der Waals surface area (Å²) in [4.78, 5) is 25.2. The van der Waals surface area contributed by atoms with Gasteiger partial charge in [0, 0.05) is 19.3 Å². The Hall–Kier alpha value is -2.19. The molecule has 0 radical (unpaired) electrons. The van der Waals surface area contributed by atoms with Crippen LogP contribution in [-0.2, 0) is 20.9 Å². The highest BCUT2D eigenvalue weighted by Crippen LogP contribution is 2.16. The van der Waals surface area contributed by atoms with Crippen molar-refractivity contribution in [3.63, 3.8) is 0 Å². The number of fused-ring (bicyclic) bond motifs is 1. The smallest absolute Gasteiger partial charge is 0.323 e. The number of aromatic nitrogens is 3. The molecule has 0 unspecified atom stereocenters. The van der Waals surface area contributed by atoms with Crippen LogP contribution in [0, 0.1) is 0 Å². The lowest BCUT2D eigenvalue weighted by atomic mass is 10.1. The van der Waals surface area contributed by atoms with Crippen LogP contribution in [0.3, 0.4) is 0 Å². The fraction of sp³-hybridized carbons (Fsp3) is 0.467. The molecular weight excluding hydrogens is 336 g/mol. The lowest BCUT2D eigenvalue weighted by Crippen LogP contribution is -2.47. The third-order valence-corrected chi connectivity index (χ3v) is 3.96. The number of nitrogens with zero attached hydrogens (tertiary/aromatic N) is 4. The molecule has 0 atom stereocenters. The van der Waals surface area contributed by atoms with Crippen molar-refractivity contribution in [1.29, 1.82) is 0 Å². The molecule has 2 aromatic rings. The summed E-state index contributed by atoms with van der Waals surface area (Å²) in [7, 11) is 0. The second-order valence-electron chi connectivity index (χ2n) is 5.49. The van der Waals surface area contributed by atoms with Gasteiger partial charge in [-0.2, -0.15) is 0 Å². The van der Waals surface area contributed by atoms with Crippen molar-refractivity contribution in [2.45, 2.75) is 25.4 Å². The van der Waals surface area contributed by atoms with E-state index in [4.69, 9.17) is 9.84 Å². The van der Waals surface area contributed by atoms with Crippen molar-refractivity contribution in [3.05, 3.63) is 24.3 Å². The maximum absolute atomic E-state index is 12.6. The first-order valence-electron chi connectivity index (χ1n) is 7.52. The van der Waals surface area contributed by atoms with Gasteiger partial charge in [-0.1, -0.05) is 17.3 Å². The number of hydrogen-bond acceptors (Lipinski definition) is 5. The number of hydrogen-bond donors (Lipinski definition) is 1. The summed E-state index contributed by atoms with van der Waals surface area (Å²) in [6.07, 6.45) is 1.30. The molecule has 8 nitrogen and oxygen atoms in total. The first kappa shape index (κ1) is 18.2. The molecule has 1 aromatic heterocycles. The molecule has 0 bridgehead atoms. The van der Waals surface area contributed by atoms with Crippen LogP contribution in [0.2, 0.25) is 0 Å². The molecule has 1 aliphatic heterocycles. The second-order valence-corrected chi connectivity index (χ2v) is 5.49. The quantitative estimate of drug-likeness (QED) is 0.858. The summed E-state index contributed by atoms with van der Waals surface area (Å²) in [6, 6.07) is 7.24. The number of halogens is 1. The van der Waals surface area contributed by atoms with Crippen molar-refractivity contribution >= 4 is 35.3 Å². The third kappa shape index (κ3) is 4.01. The molecule has 0 spiro atoms. The molecule has 1 saturated heterocycles. The molecule has 9 heteroatoms. The Morgan fingerprint density at radius 2 is 2.00 bits per heavy atom. The third-order valence-electron chi connectivity index (χ3n) is 3.96. The predicted molar refractivity (Wildman–Crippen MR) is 88.0 cm³/mol. The summed E-state index contributed by atoms with van der Waals surface area (Å²) in [5.41, 5.74) is 1.46. The number of carbonyl (C=O) groups excluding carboxylic acids is 1. The highest BCUT2D eigenvalue weighted by atomic mass is 35.5. The van der Waals surface area contributed by atoms with E-state index in [9.17, 15) is 9.59 Å². The number of para-hydroxylation sites is 1. The Labute approximate surface area is 144 Å². The van der Waals surface area contributed by atoms with Gasteiger partial charge in [0.25, 0.3) is 0 Å². The molecule has 1 amide bonds. The monoisotopic (exact) mass is 354 g/mol. The van der Waals surface area contributed by atoms with Crippen LogP contribution in [0.25, 0.3) is 11.0 Å². The molecule has 0 aliphatic carbocycles. The van der Waals surface area contributed by atoms with Crippen LogP contribution in [-0.4, -0.2) is 62.7 Å². The van der Waals surface area contributed by atoms with Crippen molar-refractivity contribution < 1.29 is 19.4 Å². The standard InChI is InChI=1S/C15H18N4O4.ClH/c20-14(9-19-13-4-2-1-3-12(13)16-17-19)18(10-15(21)22)11-5-7-23-8-6-11;/h1-4,11H,5-10H2,(H,21,22);1H. The SMILES string of the molecule is Cl.O=C(O)CN(C(=O)Cn1nnc2ccccc21)C1CCOCC1. The highest BCUT2D eigenvalue weighted by molar-refractivity contribution is 5.85. The Balaban J connectivity index is 0.00000208. The van der Waals surface area contributed by atoms with E-state index in [1.54, 1.807) is 0 Å². The molecule has 3 rings (SSSR count). The van der Waals surface area contributed by atoms with Gasteiger partial charge in [-0.15, -0.1) is 17.5 Å². The number of carboxylic acid groups (broad SMARTS) is 1. The number of amides is 1. The lowest BCUT2D eigenvalue weighted by Gasteiger charge is -2.33. The summed E-state index contributed by atoms with van der Waals surface area (Å²) in [6.45, 7) is 0.752. The van der Waals surface area contributed by atoms with Gasteiger partial charge < -0.3 is 14.7 Å². The minimum absolute atomic E-state index is 0. The number of carboxylic acids is 1. The molecule has 130 valence electrons. The van der Waals surface area contributed by atoms with Crippen molar-refractivity contribution in [1.82, 2.24) is 19.9 Å². The van der Waals surface area contributed by atoms with E-state index in [0.29, 0.717) is 31.6 Å². The highest BCUT2D eigenvalue weighted by Gasteiger charge is 2.28. The Bertz CT molecular complexity index is 714.